The van der Waals surface area contributed by atoms with Crippen LogP contribution < -0.4 is 5.56 Å². The summed E-state index contributed by atoms with van der Waals surface area (Å²) in [7, 11) is 0. The number of pyridine rings is 1. The zero-order valence-electron chi connectivity index (χ0n) is 7.61. The monoisotopic (exact) mass is 198 g/mol. The van der Waals surface area contributed by atoms with Crippen molar-refractivity contribution in [2.75, 3.05) is 0 Å². The van der Waals surface area contributed by atoms with Crippen LogP contribution in [-0.4, -0.2) is 15.0 Å². The van der Waals surface area contributed by atoms with Crippen LogP contribution in [0.2, 0.25) is 0 Å². The Hall–Kier alpha value is -1.85. The molecule has 0 aliphatic heterocycles. The van der Waals surface area contributed by atoms with Gasteiger partial charge in [0.05, 0.1) is 4.92 Å². The summed E-state index contributed by atoms with van der Waals surface area (Å²) in [5.41, 5.74) is -0.679. The first-order valence-electron chi connectivity index (χ1n) is 4.15. The largest absolute Gasteiger partial charge is 0.490 e. The fourth-order valence-electron chi connectivity index (χ4n) is 1.25. The fourth-order valence-corrected chi connectivity index (χ4v) is 1.25. The lowest BCUT2D eigenvalue weighted by atomic mass is 10.1. The molecule has 0 saturated heterocycles. The highest BCUT2D eigenvalue weighted by atomic mass is 16.6. The first-order chi connectivity index (χ1) is 6.56. The number of aromatic amines is 1. The van der Waals surface area contributed by atoms with Gasteiger partial charge in [0.25, 0.3) is 11.4 Å². The second kappa shape index (κ2) is 3.91. The van der Waals surface area contributed by atoms with Gasteiger partial charge in [0.2, 0.25) is 0 Å². The van der Waals surface area contributed by atoms with E-state index in [0.717, 1.165) is 6.07 Å². The van der Waals surface area contributed by atoms with Crippen molar-refractivity contribution in [3.05, 3.63) is 32.1 Å². The zero-order chi connectivity index (χ0) is 10.7. The van der Waals surface area contributed by atoms with Crippen LogP contribution in [0.4, 0.5) is 5.69 Å². The van der Waals surface area contributed by atoms with Gasteiger partial charge in [-0.15, -0.1) is 0 Å². The van der Waals surface area contributed by atoms with E-state index in [1.54, 1.807) is 0 Å². The Morgan fingerprint density at radius 3 is 2.79 bits per heavy atom. The van der Waals surface area contributed by atoms with E-state index in [1.807, 2.05) is 11.9 Å². The van der Waals surface area contributed by atoms with Crippen LogP contribution in [0.25, 0.3) is 0 Å². The molecule has 1 aromatic rings. The normalized spacial score (nSPS) is 10.1. The SMILES string of the molecule is CCCc1cc(=O)[nH]c(O)c1[N+](=O)[O-]. The van der Waals surface area contributed by atoms with Gasteiger partial charge < -0.3 is 5.11 Å². The van der Waals surface area contributed by atoms with Gasteiger partial charge in [-0.2, -0.15) is 0 Å². The van der Waals surface area contributed by atoms with Gasteiger partial charge in [-0.3, -0.25) is 19.9 Å². The third-order valence-corrected chi connectivity index (χ3v) is 1.78. The highest BCUT2D eigenvalue weighted by molar-refractivity contribution is 5.47. The molecule has 76 valence electrons. The number of aryl methyl sites for hydroxylation is 1. The van der Waals surface area contributed by atoms with E-state index in [2.05, 4.69) is 0 Å². The Morgan fingerprint density at radius 2 is 2.29 bits per heavy atom. The summed E-state index contributed by atoms with van der Waals surface area (Å²) >= 11 is 0. The Bertz CT molecular complexity index is 410. The van der Waals surface area contributed by atoms with Gasteiger partial charge in [-0.25, -0.2) is 0 Å². The fraction of sp³-hybridized carbons (Fsp3) is 0.375. The predicted molar refractivity (Wildman–Crippen MR) is 49.4 cm³/mol. The maximum absolute atomic E-state index is 10.9. The van der Waals surface area contributed by atoms with E-state index in [9.17, 15) is 20.0 Å². The van der Waals surface area contributed by atoms with Crippen LogP contribution in [-0.2, 0) is 6.42 Å². The van der Waals surface area contributed by atoms with Gasteiger partial charge in [0.15, 0.2) is 0 Å². The number of nitro groups is 1. The molecule has 0 amide bonds. The Balaban J connectivity index is 3.36. The summed E-state index contributed by atoms with van der Waals surface area (Å²) in [5, 5.41) is 19.7. The number of H-pyrrole nitrogens is 1. The quantitative estimate of drug-likeness (QED) is 0.558. The molecule has 0 fully saturated rings. The standard InChI is InChI=1S/C8H10N2O4/c1-2-3-5-4-6(11)9-8(12)7(5)10(13)14/h4H,2-3H2,1H3,(H2,9,11,12). The number of nitrogens with zero attached hydrogens (tertiary/aromatic N) is 1. The molecule has 0 spiro atoms. The third kappa shape index (κ3) is 1.90. The molecule has 1 aromatic heterocycles. The van der Waals surface area contributed by atoms with Crippen molar-refractivity contribution in [1.29, 1.82) is 0 Å². The highest BCUT2D eigenvalue weighted by Crippen LogP contribution is 2.26. The van der Waals surface area contributed by atoms with Crippen LogP contribution >= 0.6 is 0 Å². The van der Waals surface area contributed by atoms with Crippen molar-refractivity contribution in [3.63, 3.8) is 0 Å². The van der Waals surface area contributed by atoms with E-state index in [4.69, 9.17) is 0 Å². The van der Waals surface area contributed by atoms with Gasteiger partial charge in [-0.1, -0.05) is 13.3 Å². The maximum Gasteiger partial charge on any atom is 0.332 e. The Labute approximate surface area is 79.4 Å². The van der Waals surface area contributed by atoms with Crippen molar-refractivity contribution in [2.24, 2.45) is 0 Å². The minimum Gasteiger partial charge on any atom is -0.490 e. The first kappa shape index (κ1) is 10.2. The van der Waals surface area contributed by atoms with Gasteiger partial charge in [0.1, 0.15) is 0 Å². The molecule has 6 nitrogen and oxygen atoms in total. The Kier molecular flexibility index (Phi) is 2.85. The molecular formula is C8H10N2O4. The molecule has 0 atom stereocenters. The third-order valence-electron chi connectivity index (χ3n) is 1.78. The number of nitrogens with one attached hydrogen (secondary N) is 1. The van der Waals surface area contributed by atoms with Crippen molar-refractivity contribution < 1.29 is 10.0 Å². The average molecular weight is 198 g/mol. The molecule has 0 aliphatic carbocycles. The zero-order valence-corrected chi connectivity index (χ0v) is 7.61. The summed E-state index contributed by atoms with van der Waals surface area (Å²) < 4.78 is 0. The van der Waals surface area contributed by atoms with Gasteiger partial charge >= 0.3 is 5.69 Å². The van der Waals surface area contributed by atoms with Crippen LogP contribution in [0.5, 0.6) is 5.88 Å². The molecule has 1 heterocycles. The first-order valence-corrected chi connectivity index (χ1v) is 4.15. The Morgan fingerprint density at radius 1 is 1.64 bits per heavy atom. The van der Waals surface area contributed by atoms with Crippen LogP contribution in [0, 0.1) is 10.1 Å². The van der Waals surface area contributed by atoms with Gasteiger partial charge in [-0.05, 0) is 6.42 Å². The molecule has 0 radical (unpaired) electrons. The smallest absolute Gasteiger partial charge is 0.332 e. The lowest BCUT2D eigenvalue weighted by Crippen LogP contribution is -2.08. The van der Waals surface area contributed by atoms with Crippen LogP contribution in [0.15, 0.2) is 10.9 Å². The average Bonchev–Trinajstić information content (AvgIpc) is 2.01. The highest BCUT2D eigenvalue weighted by Gasteiger charge is 2.20. The minimum atomic E-state index is -0.698. The van der Waals surface area contributed by atoms with E-state index in [0.29, 0.717) is 12.8 Å². The summed E-state index contributed by atoms with van der Waals surface area (Å²) in [5.74, 6) is -0.675. The van der Waals surface area contributed by atoms with Crippen molar-refractivity contribution in [2.45, 2.75) is 19.8 Å². The maximum atomic E-state index is 10.9. The predicted octanol–water partition coefficient (Wildman–Crippen LogP) is 0.941. The second-order valence-corrected chi connectivity index (χ2v) is 2.86. The molecule has 1 rings (SSSR count). The molecule has 2 N–H and O–H groups in total. The van der Waals surface area contributed by atoms with E-state index in [1.165, 1.54) is 0 Å². The summed E-state index contributed by atoms with van der Waals surface area (Å²) in [6.07, 6.45) is 1.07. The molecular weight excluding hydrogens is 188 g/mol. The van der Waals surface area contributed by atoms with Crippen LogP contribution in [0.3, 0.4) is 0 Å². The van der Waals surface area contributed by atoms with E-state index >= 15 is 0 Å². The van der Waals surface area contributed by atoms with Crippen molar-refractivity contribution in [3.8, 4) is 5.88 Å². The van der Waals surface area contributed by atoms with Crippen LogP contribution in [0.1, 0.15) is 18.9 Å². The molecule has 0 bridgehead atoms. The number of aromatic hydroxyl groups is 1. The van der Waals surface area contributed by atoms with Crippen molar-refractivity contribution in [1.82, 2.24) is 4.98 Å². The van der Waals surface area contributed by atoms with Gasteiger partial charge in [0, 0.05) is 11.6 Å². The number of hydrogen-bond donors (Lipinski definition) is 2. The topological polar surface area (TPSA) is 96.2 Å². The summed E-state index contributed by atoms with van der Waals surface area (Å²) in [4.78, 5) is 22.8. The number of hydrogen-bond acceptors (Lipinski definition) is 4. The lowest BCUT2D eigenvalue weighted by molar-refractivity contribution is -0.387. The molecule has 0 unspecified atom stereocenters. The molecule has 6 heteroatoms. The summed E-state index contributed by atoms with van der Waals surface area (Å²) in [6.45, 7) is 1.84. The van der Waals surface area contributed by atoms with Crippen molar-refractivity contribution >= 4 is 5.69 Å². The number of rotatable bonds is 3. The molecule has 0 aromatic carbocycles. The minimum absolute atomic E-state index is 0.263. The number of aromatic nitrogens is 1. The summed E-state index contributed by atoms with van der Waals surface area (Å²) in [6, 6.07) is 1.14. The molecule has 0 saturated carbocycles. The van der Waals surface area contributed by atoms with E-state index in [-0.39, 0.29) is 5.56 Å². The lowest BCUT2D eigenvalue weighted by Gasteiger charge is -2.01. The van der Waals surface area contributed by atoms with E-state index < -0.39 is 22.0 Å². The molecule has 0 aliphatic rings. The second-order valence-electron chi connectivity index (χ2n) is 2.86. The molecule has 14 heavy (non-hydrogen) atoms.